The van der Waals surface area contributed by atoms with Gasteiger partial charge >= 0.3 is 0 Å². The molecule has 1 unspecified atom stereocenters. The van der Waals surface area contributed by atoms with E-state index in [0.717, 1.165) is 37.5 Å². The van der Waals surface area contributed by atoms with Crippen molar-refractivity contribution >= 4 is 11.0 Å². The standard InChI is InChI=1S/C16H22N2O/c1-2-9-18(14-7-8-17-11-14)12-15-10-13-5-3-4-6-16(13)19-15/h3-6,10,14,17H,2,7-9,11-12H2,1H3. The Hall–Kier alpha value is -1.32. The summed E-state index contributed by atoms with van der Waals surface area (Å²) in [6, 6.07) is 11.1. The van der Waals surface area contributed by atoms with Crippen molar-refractivity contribution < 1.29 is 4.42 Å². The quantitative estimate of drug-likeness (QED) is 0.893. The molecule has 3 rings (SSSR count). The topological polar surface area (TPSA) is 28.4 Å². The predicted molar refractivity (Wildman–Crippen MR) is 78.2 cm³/mol. The molecule has 0 aliphatic carbocycles. The number of hydrogen-bond acceptors (Lipinski definition) is 3. The van der Waals surface area contributed by atoms with Crippen LogP contribution in [0.2, 0.25) is 0 Å². The molecule has 3 heteroatoms. The molecular formula is C16H22N2O. The summed E-state index contributed by atoms with van der Waals surface area (Å²) >= 11 is 0. The van der Waals surface area contributed by atoms with Crippen LogP contribution in [-0.4, -0.2) is 30.6 Å². The molecule has 0 amide bonds. The van der Waals surface area contributed by atoms with E-state index >= 15 is 0 Å². The highest BCUT2D eigenvalue weighted by molar-refractivity contribution is 5.77. The highest BCUT2D eigenvalue weighted by Gasteiger charge is 2.22. The fraction of sp³-hybridized carbons (Fsp3) is 0.500. The van der Waals surface area contributed by atoms with Crippen molar-refractivity contribution in [3.8, 4) is 0 Å². The molecule has 1 aromatic heterocycles. The highest BCUT2D eigenvalue weighted by atomic mass is 16.3. The van der Waals surface area contributed by atoms with Crippen molar-refractivity contribution in [1.29, 1.82) is 0 Å². The van der Waals surface area contributed by atoms with Crippen LogP contribution in [0.5, 0.6) is 0 Å². The van der Waals surface area contributed by atoms with Gasteiger partial charge in [-0.05, 0) is 38.1 Å². The lowest BCUT2D eigenvalue weighted by Gasteiger charge is -2.26. The Kier molecular flexibility index (Phi) is 3.85. The maximum atomic E-state index is 5.94. The van der Waals surface area contributed by atoms with Crippen molar-refractivity contribution in [2.24, 2.45) is 0 Å². The van der Waals surface area contributed by atoms with Gasteiger partial charge in [0.25, 0.3) is 0 Å². The summed E-state index contributed by atoms with van der Waals surface area (Å²) in [4.78, 5) is 2.55. The number of benzene rings is 1. The van der Waals surface area contributed by atoms with Crippen LogP contribution in [0, 0.1) is 0 Å². The Morgan fingerprint density at radius 3 is 3.00 bits per heavy atom. The van der Waals surface area contributed by atoms with E-state index in [1.807, 2.05) is 12.1 Å². The average molecular weight is 258 g/mol. The molecule has 0 saturated carbocycles. The van der Waals surface area contributed by atoms with Crippen LogP contribution in [0.15, 0.2) is 34.7 Å². The lowest BCUT2D eigenvalue weighted by Crippen LogP contribution is -2.36. The fourth-order valence-corrected chi connectivity index (χ4v) is 2.94. The Labute approximate surface area is 114 Å². The molecule has 0 bridgehead atoms. The number of rotatable bonds is 5. The molecule has 1 N–H and O–H groups in total. The highest BCUT2D eigenvalue weighted by Crippen LogP contribution is 2.21. The first-order valence-corrected chi connectivity index (χ1v) is 7.29. The van der Waals surface area contributed by atoms with Crippen molar-refractivity contribution in [3.05, 3.63) is 36.1 Å². The molecule has 0 spiro atoms. The maximum Gasteiger partial charge on any atom is 0.134 e. The first-order chi connectivity index (χ1) is 9.36. The van der Waals surface area contributed by atoms with Crippen molar-refractivity contribution in [2.75, 3.05) is 19.6 Å². The lowest BCUT2D eigenvalue weighted by atomic mass is 10.2. The first-order valence-electron chi connectivity index (χ1n) is 7.29. The summed E-state index contributed by atoms with van der Waals surface area (Å²) in [7, 11) is 0. The number of nitrogens with one attached hydrogen (secondary N) is 1. The van der Waals surface area contributed by atoms with Crippen molar-refractivity contribution in [2.45, 2.75) is 32.4 Å². The Balaban J connectivity index is 1.76. The lowest BCUT2D eigenvalue weighted by molar-refractivity contribution is 0.186. The van der Waals surface area contributed by atoms with Crippen LogP contribution in [0.3, 0.4) is 0 Å². The predicted octanol–water partition coefficient (Wildman–Crippen LogP) is 3.01. The van der Waals surface area contributed by atoms with E-state index in [1.165, 1.54) is 18.2 Å². The molecular weight excluding hydrogens is 236 g/mol. The third-order valence-corrected chi connectivity index (χ3v) is 3.90. The van der Waals surface area contributed by atoms with E-state index in [1.54, 1.807) is 0 Å². The average Bonchev–Trinajstić information content (AvgIpc) is 3.07. The molecule has 1 aliphatic rings. The van der Waals surface area contributed by atoms with Gasteiger partial charge in [-0.3, -0.25) is 4.90 Å². The number of furan rings is 1. The minimum absolute atomic E-state index is 0.660. The maximum absolute atomic E-state index is 5.94. The van der Waals surface area contributed by atoms with E-state index in [-0.39, 0.29) is 0 Å². The Morgan fingerprint density at radius 2 is 2.26 bits per heavy atom. The van der Waals surface area contributed by atoms with Gasteiger partial charge in [0.2, 0.25) is 0 Å². The third-order valence-electron chi connectivity index (χ3n) is 3.90. The van der Waals surface area contributed by atoms with E-state index in [9.17, 15) is 0 Å². The molecule has 3 nitrogen and oxygen atoms in total. The summed E-state index contributed by atoms with van der Waals surface area (Å²) < 4.78 is 5.94. The van der Waals surface area contributed by atoms with Crippen LogP contribution < -0.4 is 5.32 Å². The van der Waals surface area contributed by atoms with Crippen molar-refractivity contribution in [3.63, 3.8) is 0 Å². The van der Waals surface area contributed by atoms with Gasteiger partial charge in [0, 0.05) is 18.0 Å². The molecule has 1 fully saturated rings. The second kappa shape index (κ2) is 5.76. The summed E-state index contributed by atoms with van der Waals surface area (Å²) in [6.07, 6.45) is 2.44. The van der Waals surface area contributed by atoms with Gasteiger partial charge in [-0.2, -0.15) is 0 Å². The van der Waals surface area contributed by atoms with Crippen LogP contribution in [0.25, 0.3) is 11.0 Å². The zero-order chi connectivity index (χ0) is 13.1. The molecule has 102 valence electrons. The first kappa shape index (κ1) is 12.7. The number of hydrogen-bond donors (Lipinski definition) is 1. The number of fused-ring (bicyclic) bond motifs is 1. The molecule has 19 heavy (non-hydrogen) atoms. The number of para-hydroxylation sites is 1. The normalized spacial score (nSPS) is 19.6. The van der Waals surface area contributed by atoms with Gasteiger partial charge in [0.1, 0.15) is 11.3 Å². The van der Waals surface area contributed by atoms with Crippen LogP contribution in [0.1, 0.15) is 25.5 Å². The third kappa shape index (κ3) is 2.82. The minimum atomic E-state index is 0.660. The SMILES string of the molecule is CCCN(Cc1cc2ccccc2o1)C1CCNC1. The van der Waals surface area contributed by atoms with Gasteiger partial charge in [-0.15, -0.1) is 0 Å². The van der Waals surface area contributed by atoms with Gasteiger partial charge in [-0.25, -0.2) is 0 Å². The molecule has 2 heterocycles. The zero-order valence-electron chi connectivity index (χ0n) is 11.6. The van der Waals surface area contributed by atoms with Crippen LogP contribution in [-0.2, 0) is 6.54 Å². The molecule has 2 aromatic rings. The van der Waals surface area contributed by atoms with E-state index in [0.29, 0.717) is 6.04 Å². The summed E-state index contributed by atoms with van der Waals surface area (Å²) in [5.41, 5.74) is 0.999. The molecule has 1 aliphatic heterocycles. The summed E-state index contributed by atoms with van der Waals surface area (Å²) in [6.45, 7) is 6.57. The zero-order valence-corrected chi connectivity index (χ0v) is 11.6. The van der Waals surface area contributed by atoms with Gasteiger partial charge in [0.15, 0.2) is 0 Å². The molecule has 0 radical (unpaired) electrons. The molecule has 1 saturated heterocycles. The smallest absolute Gasteiger partial charge is 0.134 e. The second-order valence-electron chi connectivity index (χ2n) is 5.37. The van der Waals surface area contributed by atoms with Gasteiger partial charge < -0.3 is 9.73 Å². The van der Waals surface area contributed by atoms with Gasteiger partial charge in [-0.1, -0.05) is 25.1 Å². The van der Waals surface area contributed by atoms with Crippen molar-refractivity contribution in [1.82, 2.24) is 10.2 Å². The van der Waals surface area contributed by atoms with E-state index < -0.39 is 0 Å². The van der Waals surface area contributed by atoms with Crippen LogP contribution >= 0.6 is 0 Å². The fourth-order valence-electron chi connectivity index (χ4n) is 2.94. The van der Waals surface area contributed by atoms with Gasteiger partial charge in [0.05, 0.1) is 6.54 Å². The minimum Gasteiger partial charge on any atom is -0.460 e. The second-order valence-corrected chi connectivity index (χ2v) is 5.37. The molecule has 1 atom stereocenters. The van der Waals surface area contributed by atoms with E-state index in [2.05, 4.69) is 35.3 Å². The molecule has 1 aromatic carbocycles. The van der Waals surface area contributed by atoms with Crippen LogP contribution in [0.4, 0.5) is 0 Å². The summed E-state index contributed by atoms with van der Waals surface area (Å²) in [5.74, 6) is 1.08. The monoisotopic (exact) mass is 258 g/mol. The summed E-state index contributed by atoms with van der Waals surface area (Å²) in [5, 5.41) is 4.66. The van der Waals surface area contributed by atoms with E-state index in [4.69, 9.17) is 4.42 Å². The number of nitrogens with zero attached hydrogens (tertiary/aromatic N) is 1. The Morgan fingerprint density at radius 1 is 1.37 bits per heavy atom. The Bertz CT molecular complexity index is 495. The largest absolute Gasteiger partial charge is 0.460 e.